The summed E-state index contributed by atoms with van der Waals surface area (Å²) in [5.41, 5.74) is 4.82. The van der Waals surface area contributed by atoms with Crippen LogP contribution in [0.2, 0.25) is 0 Å². The smallest absolute Gasteiger partial charge is 0.262 e. The van der Waals surface area contributed by atoms with Crippen LogP contribution in [0.1, 0.15) is 18.1 Å². The van der Waals surface area contributed by atoms with Crippen LogP contribution in [0.25, 0.3) is 0 Å². The monoisotopic (exact) mass is 405 g/mol. The molecule has 0 radical (unpaired) electrons. The minimum absolute atomic E-state index is 0.0465. The molecule has 0 fully saturated rings. The number of para-hydroxylation sites is 1. The van der Waals surface area contributed by atoms with E-state index in [0.29, 0.717) is 11.3 Å². The summed E-state index contributed by atoms with van der Waals surface area (Å²) < 4.78 is 5.80. The number of aryl methyl sites for hydroxylation is 1. The van der Waals surface area contributed by atoms with Gasteiger partial charge in [-0.05, 0) is 37.6 Å². The maximum atomic E-state index is 12.1. The average Bonchev–Trinajstić information content (AvgIpc) is 2.59. The van der Waals surface area contributed by atoms with E-state index in [9.17, 15) is 9.90 Å². The van der Waals surface area contributed by atoms with Crippen molar-refractivity contribution in [2.75, 3.05) is 12.4 Å². The second-order valence-electron chi connectivity index (χ2n) is 5.46. The Labute approximate surface area is 155 Å². The van der Waals surface area contributed by atoms with Gasteiger partial charge in [0.1, 0.15) is 6.04 Å². The van der Waals surface area contributed by atoms with E-state index >= 15 is 0 Å². The number of nitrogens with zero attached hydrogens (tertiary/aromatic N) is 1. The van der Waals surface area contributed by atoms with Crippen LogP contribution in [-0.2, 0) is 4.79 Å². The lowest BCUT2D eigenvalue weighted by atomic mass is 10.2. The lowest BCUT2D eigenvalue weighted by Gasteiger charge is -2.15. The molecule has 0 aliphatic carbocycles. The SMILES string of the molecule is COc1cc(Br)cc(C=NNC(=O)[C@@H](C)Nc2ccccc2C)c1O. The van der Waals surface area contributed by atoms with Crippen LogP contribution in [0.3, 0.4) is 0 Å². The molecule has 6 nitrogen and oxygen atoms in total. The fourth-order valence-corrected chi connectivity index (χ4v) is 2.60. The van der Waals surface area contributed by atoms with Gasteiger partial charge in [-0.25, -0.2) is 5.43 Å². The Morgan fingerprint density at radius 3 is 2.76 bits per heavy atom. The van der Waals surface area contributed by atoms with Crippen molar-refractivity contribution in [3.63, 3.8) is 0 Å². The molecule has 0 spiro atoms. The van der Waals surface area contributed by atoms with Crippen molar-refractivity contribution in [3.05, 3.63) is 52.0 Å². The van der Waals surface area contributed by atoms with Crippen molar-refractivity contribution >= 4 is 33.7 Å². The summed E-state index contributed by atoms with van der Waals surface area (Å²) in [4.78, 5) is 12.1. The van der Waals surface area contributed by atoms with Crippen molar-refractivity contribution in [1.29, 1.82) is 0 Å². The Morgan fingerprint density at radius 2 is 2.08 bits per heavy atom. The number of nitrogens with one attached hydrogen (secondary N) is 2. The van der Waals surface area contributed by atoms with E-state index in [1.54, 1.807) is 19.1 Å². The lowest BCUT2D eigenvalue weighted by molar-refractivity contribution is -0.121. The van der Waals surface area contributed by atoms with E-state index in [2.05, 4.69) is 31.8 Å². The number of amides is 1. The number of methoxy groups -OCH3 is 1. The summed E-state index contributed by atoms with van der Waals surface area (Å²) in [6.45, 7) is 3.71. The highest BCUT2D eigenvalue weighted by Gasteiger charge is 2.13. The number of hydrazone groups is 1. The Balaban J connectivity index is 2.01. The lowest BCUT2D eigenvalue weighted by Crippen LogP contribution is -2.35. The summed E-state index contributed by atoms with van der Waals surface area (Å²) in [7, 11) is 1.46. The van der Waals surface area contributed by atoms with Crippen molar-refractivity contribution in [1.82, 2.24) is 5.43 Å². The molecule has 1 atom stereocenters. The van der Waals surface area contributed by atoms with Gasteiger partial charge in [0, 0.05) is 15.7 Å². The molecule has 132 valence electrons. The molecule has 2 rings (SSSR count). The van der Waals surface area contributed by atoms with Gasteiger partial charge in [0.15, 0.2) is 11.5 Å². The maximum absolute atomic E-state index is 12.1. The van der Waals surface area contributed by atoms with E-state index in [1.807, 2.05) is 31.2 Å². The van der Waals surface area contributed by atoms with Crippen LogP contribution < -0.4 is 15.5 Å². The number of carbonyl (C=O) groups is 1. The standard InChI is InChI=1S/C18H20BrN3O3/c1-11-6-4-5-7-15(11)21-12(2)18(24)22-20-10-13-8-14(19)9-16(25-3)17(13)23/h4-10,12,21,23H,1-3H3,(H,22,24)/t12-/m1/s1. The highest BCUT2D eigenvalue weighted by molar-refractivity contribution is 9.10. The van der Waals surface area contributed by atoms with Gasteiger partial charge in [-0.3, -0.25) is 4.79 Å². The maximum Gasteiger partial charge on any atom is 0.262 e. The molecule has 0 aliphatic rings. The predicted octanol–water partition coefficient (Wildman–Crippen LogP) is 3.42. The number of phenolic OH excluding ortho intramolecular Hbond substituents is 1. The number of benzene rings is 2. The molecular formula is C18H20BrN3O3. The highest BCUT2D eigenvalue weighted by Crippen LogP contribution is 2.32. The first kappa shape index (κ1) is 18.8. The van der Waals surface area contributed by atoms with Gasteiger partial charge in [0.25, 0.3) is 5.91 Å². The first-order valence-corrected chi connectivity index (χ1v) is 8.43. The van der Waals surface area contributed by atoms with Gasteiger partial charge in [-0.15, -0.1) is 0 Å². The van der Waals surface area contributed by atoms with Crippen molar-refractivity contribution in [3.8, 4) is 11.5 Å². The molecule has 25 heavy (non-hydrogen) atoms. The molecule has 1 amide bonds. The minimum Gasteiger partial charge on any atom is -0.504 e. The highest BCUT2D eigenvalue weighted by atomic mass is 79.9. The summed E-state index contributed by atoms with van der Waals surface area (Å²) in [5, 5.41) is 17.1. The third-order valence-electron chi connectivity index (χ3n) is 3.58. The van der Waals surface area contributed by atoms with Gasteiger partial charge in [-0.1, -0.05) is 34.1 Å². The largest absolute Gasteiger partial charge is 0.504 e. The van der Waals surface area contributed by atoms with Gasteiger partial charge in [0.05, 0.1) is 13.3 Å². The minimum atomic E-state index is -0.469. The van der Waals surface area contributed by atoms with Crippen molar-refractivity contribution in [2.24, 2.45) is 5.10 Å². The quantitative estimate of drug-likeness (QED) is 0.507. The Hall–Kier alpha value is -2.54. The second-order valence-corrected chi connectivity index (χ2v) is 6.38. The number of ether oxygens (including phenoxy) is 1. The fraction of sp³-hybridized carbons (Fsp3) is 0.222. The van der Waals surface area contributed by atoms with Gasteiger partial charge in [-0.2, -0.15) is 5.10 Å². The number of aromatic hydroxyl groups is 1. The number of rotatable bonds is 6. The van der Waals surface area contributed by atoms with Crippen molar-refractivity contribution in [2.45, 2.75) is 19.9 Å². The number of phenols is 1. The first-order valence-electron chi connectivity index (χ1n) is 7.64. The van der Waals surface area contributed by atoms with Crippen LogP contribution in [0.15, 0.2) is 46.0 Å². The number of hydrogen-bond donors (Lipinski definition) is 3. The summed E-state index contributed by atoms with van der Waals surface area (Å²) in [6, 6.07) is 10.6. The van der Waals surface area contributed by atoms with Crippen LogP contribution >= 0.6 is 15.9 Å². The van der Waals surface area contributed by atoms with Crippen LogP contribution in [0, 0.1) is 6.92 Å². The fourth-order valence-electron chi connectivity index (χ4n) is 2.14. The molecular weight excluding hydrogens is 386 g/mol. The van der Waals surface area contributed by atoms with Gasteiger partial charge < -0.3 is 15.2 Å². The Kier molecular flexibility index (Phi) is 6.41. The molecule has 0 saturated carbocycles. The third-order valence-corrected chi connectivity index (χ3v) is 4.04. The van der Waals surface area contributed by atoms with E-state index < -0.39 is 6.04 Å². The van der Waals surface area contributed by atoms with Crippen molar-refractivity contribution < 1.29 is 14.6 Å². The molecule has 7 heteroatoms. The Bertz CT molecular complexity index is 793. The molecule has 0 bridgehead atoms. The molecule has 0 unspecified atom stereocenters. The average molecular weight is 406 g/mol. The predicted molar refractivity (Wildman–Crippen MR) is 102 cm³/mol. The number of hydrogen-bond acceptors (Lipinski definition) is 5. The van der Waals surface area contributed by atoms with E-state index in [1.165, 1.54) is 13.3 Å². The summed E-state index contributed by atoms with van der Waals surface area (Å²) in [5.74, 6) is -0.0209. The van der Waals surface area contributed by atoms with E-state index in [0.717, 1.165) is 15.7 Å². The van der Waals surface area contributed by atoms with Gasteiger partial charge in [0.2, 0.25) is 0 Å². The zero-order valence-electron chi connectivity index (χ0n) is 14.2. The molecule has 0 aliphatic heterocycles. The number of anilines is 1. The number of carbonyl (C=O) groups excluding carboxylic acids is 1. The van der Waals surface area contributed by atoms with Crippen LogP contribution in [0.4, 0.5) is 5.69 Å². The Morgan fingerprint density at radius 1 is 1.36 bits per heavy atom. The zero-order chi connectivity index (χ0) is 18.4. The normalized spacial score (nSPS) is 12.0. The summed E-state index contributed by atoms with van der Waals surface area (Å²) in [6.07, 6.45) is 1.36. The molecule has 0 heterocycles. The van der Waals surface area contributed by atoms with Crippen LogP contribution in [0.5, 0.6) is 11.5 Å². The molecule has 0 saturated heterocycles. The first-order chi connectivity index (χ1) is 11.9. The molecule has 2 aromatic carbocycles. The summed E-state index contributed by atoms with van der Waals surface area (Å²) >= 11 is 3.33. The molecule has 3 N–H and O–H groups in total. The second kappa shape index (κ2) is 8.53. The van der Waals surface area contributed by atoms with Crippen LogP contribution in [-0.4, -0.2) is 30.4 Å². The number of halogens is 1. The van der Waals surface area contributed by atoms with E-state index in [-0.39, 0.29) is 11.7 Å². The zero-order valence-corrected chi connectivity index (χ0v) is 15.8. The molecule has 2 aromatic rings. The molecule has 0 aromatic heterocycles. The topological polar surface area (TPSA) is 83.0 Å². The van der Waals surface area contributed by atoms with E-state index in [4.69, 9.17) is 4.74 Å². The third kappa shape index (κ3) is 4.96. The van der Waals surface area contributed by atoms with Gasteiger partial charge >= 0.3 is 0 Å².